The molecular formula is C28H26N4O4. The molecule has 2 heterocycles. The number of carbonyl (C=O) groups excluding carboxylic acids is 3. The smallest absolute Gasteiger partial charge is 0.338 e. The van der Waals surface area contributed by atoms with Crippen molar-refractivity contribution in [1.82, 2.24) is 9.55 Å². The predicted molar refractivity (Wildman–Crippen MR) is 137 cm³/mol. The van der Waals surface area contributed by atoms with Gasteiger partial charge in [0.2, 0.25) is 11.9 Å². The van der Waals surface area contributed by atoms with Gasteiger partial charge in [-0.1, -0.05) is 42.5 Å². The number of nitrogens with one attached hydrogen (secondary N) is 1. The monoisotopic (exact) mass is 482 g/mol. The summed E-state index contributed by atoms with van der Waals surface area (Å²) in [5.74, 6) is -0.298. The maximum Gasteiger partial charge on any atom is 0.338 e. The minimum absolute atomic E-state index is 0.0341. The van der Waals surface area contributed by atoms with E-state index in [2.05, 4.69) is 5.32 Å². The lowest BCUT2D eigenvalue weighted by Crippen LogP contribution is -2.33. The second-order valence-electron chi connectivity index (χ2n) is 8.56. The van der Waals surface area contributed by atoms with Crippen molar-refractivity contribution in [2.24, 2.45) is 0 Å². The van der Waals surface area contributed by atoms with E-state index < -0.39 is 12.0 Å². The topological polar surface area (TPSA) is 93.5 Å². The van der Waals surface area contributed by atoms with E-state index >= 15 is 0 Å². The first kappa shape index (κ1) is 23.3. The molecule has 0 aliphatic carbocycles. The number of aromatic nitrogens is 2. The van der Waals surface area contributed by atoms with Crippen LogP contribution in [0.1, 0.15) is 35.3 Å². The molecule has 1 aromatic heterocycles. The van der Waals surface area contributed by atoms with Crippen LogP contribution in [0.2, 0.25) is 0 Å². The SMILES string of the molecule is CCOC(=O)c1ccc(NC(=O)CC2C(=O)N(CCc3ccccc3)c3nc4ccccc4n32)cc1. The Morgan fingerprint density at radius 2 is 1.69 bits per heavy atom. The number of nitrogens with zero attached hydrogens (tertiary/aromatic N) is 3. The molecule has 3 aromatic carbocycles. The van der Waals surface area contributed by atoms with E-state index in [0.29, 0.717) is 36.8 Å². The van der Waals surface area contributed by atoms with Crippen LogP contribution in [0.3, 0.4) is 0 Å². The predicted octanol–water partition coefficient (Wildman–Crippen LogP) is 4.37. The van der Waals surface area contributed by atoms with Gasteiger partial charge in [-0.25, -0.2) is 9.78 Å². The molecule has 4 aromatic rings. The molecule has 0 radical (unpaired) electrons. The summed E-state index contributed by atoms with van der Waals surface area (Å²) >= 11 is 0. The number of carbonyl (C=O) groups is 3. The molecule has 0 saturated heterocycles. The Balaban J connectivity index is 1.35. The fraction of sp³-hybridized carbons (Fsp3) is 0.214. The lowest BCUT2D eigenvalue weighted by Gasteiger charge is -2.16. The first-order valence-corrected chi connectivity index (χ1v) is 11.9. The van der Waals surface area contributed by atoms with Gasteiger partial charge in [-0.15, -0.1) is 0 Å². The molecule has 1 aliphatic heterocycles. The molecule has 1 unspecified atom stereocenters. The zero-order valence-electron chi connectivity index (χ0n) is 19.9. The van der Waals surface area contributed by atoms with E-state index in [1.54, 1.807) is 36.1 Å². The van der Waals surface area contributed by atoms with E-state index in [1.165, 1.54) is 0 Å². The third-order valence-corrected chi connectivity index (χ3v) is 6.21. The molecule has 0 saturated carbocycles. The van der Waals surface area contributed by atoms with Crippen molar-refractivity contribution in [3.05, 3.63) is 90.0 Å². The molecule has 36 heavy (non-hydrogen) atoms. The molecule has 8 nitrogen and oxygen atoms in total. The minimum atomic E-state index is -0.693. The molecule has 2 amide bonds. The second-order valence-corrected chi connectivity index (χ2v) is 8.56. The Kier molecular flexibility index (Phi) is 6.49. The van der Waals surface area contributed by atoms with Gasteiger partial charge in [0.25, 0.3) is 5.91 Å². The van der Waals surface area contributed by atoms with Gasteiger partial charge in [0, 0.05) is 12.2 Å². The third kappa shape index (κ3) is 4.57. The van der Waals surface area contributed by atoms with E-state index in [0.717, 1.165) is 16.6 Å². The van der Waals surface area contributed by atoms with Gasteiger partial charge in [-0.05, 0) is 55.3 Å². The summed E-state index contributed by atoms with van der Waals surface area (Å²) in [6.07, 6.45) is 0.648. The molecule has 0 bridgehead atoms. The van der Waals surface area contributed by atoms with E-state index in [-0.39, 0.29) is 18.2 Å². The van der Waals surface area contributed by atoms with Crippen molar-refractivity contribution in [1.29, 1.82) is 0 Å². The zero-order chi connectivity index (χ0) is 25.1. The molecule has 5 rings (SSSR count). The fourth-order valence-corrected chi connectivity index (χ4v) is 4.48. The first-order valence-electron chi connectivity index (χ1n) is 11.9. The number of benzene rings is 3. The standard InChI is InChI=1S/C28H26N4O4/c1-2-36-27(35)20-12-14-21(15-13-20)29-25(33)18-24-26(34)31(17-16-19-8-4-3-5-9-19)28-30-22-10-6-7-11-23(22)32(24)28/h3-15,24H,2,16-18H2,1H3,(H,29,33). The highest BCUT2D eigenvalue weighted by Gasteiger charge is 2.40. The zero-order valence-corrected chi connectivity index (χ0v) is 19.9. The normalized spacial score (nSPS) is 14.6. The van der Waals surface area contributed by atoms with Crippen molar-refractivity contribution in [3.63, 3.8) is 0 Å². The maximum absolute atomic E-state index is 13.5. The largest absolute Gasteiger partial charge is 0.462 e. The Morgan fingerprint density at radius 3 is 2.44 bits per heavy atom. The van der Waals surface area contributed by atoms with Gasteiger partial charge < -0.3 is 10.1 Å². The van der Waals surface area contributed by atoms with E-state index in [9.17, 15) is 14.4 Å². The lowest BCUT2D eigenvalue weighted by atomic mass is 10.1. The van der Waals surface area contributed by atoms with Crippen LogP contribution >= 0.6 is 0 Å². The van der Waals surface area contributed by atoms with Crippen molar-refractivity contribution >= 4 is 40.5 Å². The number of hydrogen-bond donors (Lipinski definition) is 1. The summed E-state index contributed by atoms with van der Waals surface area (Å²) in [6.45, 7) is 2.51. The summed E-state index contributed by atoms with van der Waals surface area (Å²) in [4.78, 5) is 44.7. The van der Waals surface area contributed by atoms with Crippen LogP contribution < -0.4 is 10.2 Å². The summed E-state index contributed by atoms with van der Waals surface area (Å²) in [5.41, 5.74) is 3.67. The van der Waals surface area contributed by atoms with Crippen LogP contribution in [0.25, 0.3) is 11.0 Å². The van der Waals surface area contributed by atoms with Crippen LogP contribution in [0.4, 0.5) is 11.6 Å². The lowest BCUT2D eigenvalue weighted by molar-refractivity contribution is -0.124. The van der Waals surface area contributed by atoms with Crippen LogP contribution in [-0.2, 0) is 20.7 Å². The molecule has 8 heteroatoms. The number of hydrogen-bond acceptors (Lipinski definition) is 5. The molecule has 0 fully saturated rings. The highest BCUT2D eigenvalue weighted by atomic mass is 16.5. The maximum atomic E-state index is 13.5. The molecule has 1 N–H and O–H groups in total. The van der Waals surface area contributed by atoms with Gasteiger partial charge in [0.15, 0.2) is 0 Å². The second kappa shape index (κ2) is 10.0. The number of rotatable bonds is 8. The average molecular weight is 483 g/mol. The Bertz CT molecular complexity index is 1410. The number of imidazole rings is 1. The number of ether oxygens (including phenoxy) is 1. The van der Waals surface area contributed by atoms with Crippen molar-refractivity contribution < 1.29 is 19.1 Å². The molecule has 182 valence electrons. The quantitative estimate of drug-likeness (QED) is 0.377. The van der Waals surface area contributed by atoms with Crippen LogP contribution in [0, 0.1) is 0 Å². The van der Waals surface area contributed by atoms with Gasteiger partial charge in [-0.3, -0.25) is 19.1 Å². The Morgan fingerprint density at radius 1 is 0.972 bits per heavy atom. The highest BCUT2D eigenvalue weighted by Crippen LogP contribution is 2.36. The van der Waals surface area contributed by atoms with E-state index in [1.807, 2.05) is 59.2 Å². The summed E-state index contributed by atoms with van der Waals surface area (Å²) in [6, 6.07) is 23.4. The molecule has 0 spiro atoms. The minimum Gasteiger partial charge on any atom is -0.462 e. The third-order valence-electron chi connectivity index (χ3n) is 6.21. The van der Waals surface area contributed by atoms with E-state index in [4.69, 9.17) is 9.72 Å². The van der Waals surface area contributed by atoms with Crippen LogP contribution in [0.5, 0.6) is 0 Å². The van der Waals surface area contributed by atoms with Crippen LogP contribution in [-0.4, -0.2) is 40.5 Å². The Labute approximate surface area is 208 Å². The molecule has 1 aliphatic rings. The van der Waals surface area contributed by atoms with Gasteiger partial charge in [0.05, 0.1) is 29.6 Å². The van der Waals surface area contributed by atoms with Crippen LogP contribution in [0.15, 0.2) is 78.9 Å². The fourth-order valence-electron chi connectivity index (χ4n) is 4.48. The number of para-hydroxylation sites is 2. The summed E-state index contributed by atoms with van der Waals surface area (Å²) in [5, 5.41) is 2.84. The van der Waals surface area contributed by atoms with Crippen molar-refractivity contribution in [2.75, 3.05) is 23.4 Å². The molecule has 1 atom stereocenters. The Hall–Kier alpha value is -4.46. The van der Waals surface area contributed by atoms with Gasteiger partial charge in [0.1, 0.15) is 6.04 Å². The van der Waals surface area contributed by atoms with Gasteiger partial charge in [-0.2, -0.15) is 0 Å². The van der Waals surface area contributed by atoms with Crippen molar-refractivity contribution in [3.8, 4) is 0 Å². The summed E-state index contributed by atoms with van der Waals surface area (Å²) in [7, 11) is 0. The number of anilines is 2. The number of esters is 1. The number of fused-ring (bicyclic) bond motifs is 3. The first-order chi connectivity index (χ1) is 17.5. The average Bonchev–Trinajstić information content (AvgIpc) is 3.38. The van der Waals surface area contributed by atoms with Gasteiger partial charge >= 0.3 is 5.97 Å². The van der Waals surface area contributed by atoms with Crippen molar-refractivity contribution in [2.45, 2.75) is 25.8 Å². The highest BCUT2D eigenvalue weighted by molar-refractivity contribution is 6.05. The summed E-state index contributed by atoms with van der Waals surface area (Å²) < 4.78 is 6.86. The molecular weight excluding hydrogens is 456 g/mol. The number of amides is 2.